The quantitative estimate of drug-likeness (QED) is 0.655. The molecule has 1 saturated carbocycles. The smallest absolute Gasteiger partial charge is 0.121 e. The first-order valence-corrected chi connectivity index (χ1v) is 7.48. The van der Waals surface area contributed by atoms with Crippen molar-refractivity contribution in [2.75, 3.05) is 5.75 Å². The Morgan fingerprint density at radius 3 is 2.33 bits per heavy atom. The number of hydrogen-bond donors (Lipinski definition) is 0. The standard InChI is InChI=1S/C11H20OS.C2H6/c1-2-13-11(8-9-12)10-6-4-3-5-7-10;1-2/h9-11H,2-8H2,1H3;1-2H3. The minimum atomic E-state index is 0.614. The van der Waals surface area contributed by atoms with Gasteiger partial charge in [0.25, 0.3) is 0 Å². The summed E-state index contributed by atoms with van der Waals surface area (Å²) >= 11 is 1.98. The van der Waals surface area contributed by atoms with Crippen molar-refractivity contribution in [3.05, 3.63) is 0 Å². The third-order valence-electron chi connectivity index (χ3n) is 2.88. The number of carbonyl (C=O) groups is 1. The Labute approximate surface area is 99.4 Å². The van der Waals surface area contributed by atoms with Gasteiger partial charge in [0, 0.05) is 11.7 Å². The van der Waals surface area contributed by atoms with Crippen molar-refractivity contribution in [3.8, 4) is 0 Å². The minimum absolute atomic E-state index is 0.614. The van der Waals surface area contributed by atoms with Gasteiger partial charge in [-0.15, -0.1) is 0 Å². The van der Waals surface area contributed by atoms with E-state index in [0.29, 0.717) is 5.25 Å². The average Bonchev–Trinajstić information content (AvgIpc) is 2.33. The van der Waals surface area contributed by atoms with Crippen molar-refractivity contribution in [3.63, 3.8) is 0 Å². The zero-order valence-corrected chi connectivity index (χ0v) is 11.3. The SMILES string of the molecule is CC.CCSC(CC=O)C1CCCCC1. The third-order valence-corrected chi connectivity index (χ3v) is 4.22. The molecule has 1 unspecified atom stereocenters. The lowest BCUT2D eigenvalue weighted by molar-refractivity contribution is -0.108. The van der Waals surface area contributed by atoms with E-state index in [1.165, 1.54) is 32.1 Å². The minimum Gasteiger partial charge on any atom is -0.303 e. The van der Waals surface area contributed by atoms with Crippen molar-refractivity contribution in [2.45, 2.75) is 64.5 Å². The van der Waals surface area contributed by atoms with E-state index >= 15 is 0 Å². The van der Waals surface area contributed by atoms with E-state index in [9.17, 15) is 4.79 Å². The van der Waals surface area contributed by atoms with Crippen LogP contribution in [0.5, 0.6) is 0 Å². The maximum Gasteiger partial charge on any atom is 0.121 e. The fourth-order valence-electron chi connectivity index (χ4n) is 2.21. The van der Waals surface area contributed by atoms with Crippen LogP contribution in [0.15, 0.2) is 0 Å². The van der Waals surface area contributed by atoms with Crippen LogP contribution in [0.25, 0.3) is 0 Å². The van der Waals surface area contributed by atoms with Gasteiger partial charge in [-0.2, -0.15) is 11.8 Å². The molecule has 1 aliphatic rings. The zero-order valence-electron chi connectivity index (χ0n) is 10.5. The lowest BCUT2D eigenvalue weighted by atomic mass is 9.86. The van der Waals surface area contributed by atoms with Crippen molar-refractivity contribution in [2.24, 2.45) is 5.92 Å². The molecule has 90 valence electrons. The van der Waals surface area contributed by atoms with Gasteiger partial charge in [-0.1, -0.05) is 40.0 Å². The number of aldehydes is 1. The summed E-state index contributed by atoms with van der Waals surface area (Å²) in [7, 11) is 0. The molecule has 0 aromatic rings. The van der Waals surface area contributed by atoms with Crippen LogP contribution in [0.2, 0.25) is 0 Å². The summed E-state index contributed by atoms with van der Waals surface area (Å²) in [6.45, 7) is 6.19. The molecule has 0 N–H and O–H groups in total. The molecule has 1 atom stereocenters. The van der Waals surface area contributed by atoms with E-state index in [1.807, 2.05) is 25.6 Å². The molecule has 0 aromatic carbocycles. The molecule has 1 nitrogen and oxygen atoms in total. The van der Waals surface area contributed by atoms with E-state index in [0.717, 1.165) is 24.4 Å². The Morgan fingerprint density at radius 2 is 1.87 bits per heavy atom. The summed E-state index contributed by atoms with van der Waals surface area (Å²) in [6.07, 6.45) is 8.73. The molecule has 0 spiro atoms. The lowest BCUT2D eigenvalue weighted by Crippen LogP contribution is -2.21. The maximum atomic E-state index is 10.5. The van der Waals surface area contributed by atoms with E-state index in [-0.39, 0.29) is 0 Å². The van der Waals surface area contributed by atoms with Gasteiger partial charge in [-0.25, -0.2) is 0 Å². The average molecular weight is 230 g/mol. The molecule has 0 aliphatic heterocycles. The van der Waals surface area contributed by atoms with Gasteiger partial charge in [0.1, 0.15) is 6.29 Å². The second kappa shape index (κ2) is 10.5. The molecule has 0 saturated heterocycles. The highest BCUT2D eigenvalue weighted by Gasteiger charge is 2.22. The summed E-state index contributed by atoms with van der Waals surface area (Å²) in [4.78, 5) is 10.5. The highest BCUT2D eigenvalue weighted by Crippen LogP contribution is 2.33. The van der Waals surface area contributed by atoms with Crippen molar-refractivity contribution in [1.29, 1.82) is 0 Å². The van der Waals surface area contributed by atoms with Gasteiger partial charge in [-0.05, 0) is 24.5 Å². The van der Waals surface area contributed by atoms with Gasteiger partial charge in [0.2, 0.25) is 0 Å². The fourth-order valence-corrected chi connectivity index (χ4v) is 3.40. The van der Waals surface area contributed by atoms with Crippen LogP contribution < -0.4 is 0 Å². The molecule has 1 aliphatic carbocycles. The van der Waals surface area contributed by atoms with Crippen molar-refractivity contribution >= 4 is 18.0 Å². The second-order valence-electron chi connectivity index (χ2n) is 3.79. The van der Waals surface area contributed by atoms with E-state index in [1.54, 1.807) is 0 Å². The largest absolute Gasteiger partial charge is 0.303 e. The molecule has 15 heavy (non-hydrogen) atoms. The lowest BCUT2D eigenvalue weighted by Gasteiger charge is -2.28. The Kier molecular flexibility index (Phi) is 10.5. The van der Waals surface area contributed by atoms with Gasteiger partial charge >= 0.3 is 0 Å². The molecule has 0 bridgehead atoms. The fraction of sp³-hybridized carbons (Fsp3) is 0.923. The highest BCUT2D eigenvalue weighted by molar-refractivity contribution is 7.99. The van der Waals surface area contributed by atoms with Crippen molar-refractivity contribution in [1.82, 2.24) is 0 Å². The number of rotatable bonds is 5. The molecular formula is C13H26OS. The van der Waals surface area contributed by atoms with Crippen LogP contribution >= 0.6 is 11.8 Å². The first-order valence-electron chi connectivity index (χ1n) is 6.43. The summed E-state index contributed by atoms with van der Waals surface area (Å²) in [5.41, 5.74) is 0. The Morgan fingerprint density at radius 1 is 1.27 bits per heavy atom. The number of hydrogen-bond acceptors (Lipinski definition) is 2. The molecular weight excluding hydrogens is 204 g/mol. The molecule has 1 fully saturated rings. The first-order chi connectivity index (χ1) is 7.38. The molecule has 2 heteroatoms. The van der Waals surface area contributed by atoms with Crippen LogP contribution in [0.3, 0.4) is 0 Å². The van der Waals surface area contributed by atoms with Gasteiger partial charge in [-0.3, -0.25) is 0 Å². The summed E-state index contributed by atoms with van der Waals surface area (Å²) in [6, 6.07) is 0. The number of thioether (sulfide) groups is 1. The second-order valence-corrected chi connectivity index (χ2v) is 5.31. The predicted octanol–water partition coefficient (Wildman–Crippen LogP) is 4.30. The topological polar surface area (TPSA) is 17.1 Å². The predicted molar refractivity (Wildman–Crippen MR) is 70.5 cm³/mol. The monoisotopic (exact) mass is 230 g/mol. The first kappa shape index (κ1) is 15.0. The van der Waals surface area contributed by atoms with Crippen LogP contribution in [-0.2, 0) is 4.79 Å². The van der Waals surface area contributed by atoms with Crippen LogP contribution in [0.1, 0.15) is 59.3 Å². The Hall–Kier alpha value is 0.0200. The van der Waals surface area contributed by atoms with Crippen molar-refractivity contribution < 1.29 is 4.79 Å². The van der Waals surface area contributed by atoms with E-state index in [4.69, 9.17) is 0 Å². The molecule has 0 heterocycles. The van der Waals surface area contributed by atoms with E-state index < -0.39 is 0 Å². The maximum absolute atomic E-state index is 10.5. The number of carbonyl (C=O) groups excluding carboxylic acids is 1. The van der Waals surface area contributed by atoms with Crippen LogP contribution in [0.4, 0.5) is 0 Å². The van der Waals surface area contributed by atoms with Gasteiger partial charge in [0.15, 0.2) is 0 Å². The Balaban J connectivity index is 0.000000921. The molecule has 0 amide bonds. The van der Waals surface area contributed by atoms with Crippen LogP contribution in [-0.4, -0.2) is 17.3 Å². The molecule has 1 rings (SSSR count). The summed E-state index contributed by atoms with van der Waals surface area (Å²) in [5, 5.41) is 0.614. The summed E-state index contributed by atoms with van der Waals surface area (Å²) in [5.74, 6) is 1.97. The Bertz CT molecular complexity index is 141. The highest BCUT2D eigenvalue weighted by atomic mass is 32.2. The van der Waals surface area contributed by atoms with E-state index in [2.05, 4.69) is 6.92 Å². The zero-order chi connectivity index (χ0) is 11.5. The molecule has 0 radical (unpaired) electrons. The third kappa shape index (κ3) is 6.24. The van der Waals surface area contributed by atoms with Gasteiger partial charge in [0.05, 0.1) is 0 Å². The van der Waals surface area contributed by atoms with Crippen LogP contribution in [0, 0.1) is 5.92 Å². The van der Waals surface area contributed by atoms with Gasteiger partial charge < -0.3 is 4.79 Å². The molecule has 0 aromatic heterocycles. The summed E-state index contributed by atoms with van der Waals surface area (Å²) < 4.78 is 0. The normalized spacial score (nSPS) is 18.9.